The monoisotopic (exact) mass is 282 g/mol. The number of aromatic nitrogens is 2. The summed E-state index contributed by atoms with van der Waals surface area (Å²) in [6.07, 6.45) is 6.90. The summed E-state index contributed by atoms with van der Waals surface area (Å²) in [5, 5.41) is 9.08. The van der Waals surface area contributed by atoms with Crippen LogP contribution in [-0.2, 0) is 12.1 Å². The predicted octanol–water partition coefficient (Wildman–Crippen LogP) is 2.09. The molecule has 0 spiro atoms. The molecule has 19 heavy (non-hydrogen) atoms. The molecule has 2 heterocycles. The van der Waals surface area contributed by atoms with Crippen molar-refractivity contribution in [3.05, 3.63) is 16.9 Å². The van der Waals surface area contributed by atoms with Gasteiger partial charge in [0.05, 0.1) is 29.0 Å². The summed E-state index contributed by atoms with van der Waals surface area (Å²) in [4.78, 5) is 2.19. The Labute approximate surface area is 120 Å². The van der Waals surface area contributed by atoms with E-state index in [2.05, 4.69) is 34.1 Å². The summed E-state index contributed by atoms with van der Waals surface area (Å²) in [7, 11) is 4.19. The maximum atomic E-state index is 6.46. The predicted molar refractivity (Wildman–Crippen MR) is 77.4 cm³/mol. The van der Waals surface area contributed by atoms with Gasteiger partial charge in [-0.2, -0.15) is 5.10 Å². The first-order valence-electron chi connectivity index (χ1n) is 7.25. The van der Waals surface area contributed by atoms with Crippen molar-refractivity contribution in [2.75, 3.05) is 27.2 Å². The van der Waals surface area contributed by atoms with E-state index in [0.29, 0.717) is 0 Å². The number of halogens is 1. The Morgan fingerprint density at radius 2 is 2.32 bits per heavy atom. The molecule has 4 nitrogen and oxygen atoms in total. The van der Waals surface area contributed by atoms with Crippen molar-refractivity contribution in [1.82, 2.24) is 20.0 Å². The van der Waals surface area contributed by atoms with Crippen molar-refractivity contribution in [3.63, 3.8) is 0 Å². The van der Waals surface area contributed by atoms with Crippen LogP contribution < -0.4 is 5.32 Å². The summed E-state index contributed by atoms with van der Waals surface area (Å²) in [5.74, 6) is 0.752. The van der Waals surface area contributed by atoms with Gasteiger partial charge in [0.25, 0.3) is 0 Å². The van der Waals surface area contributed by atoms with Crippen LogP contribution in [0.2, 0.25) is 5.02 Å². The Kier molecular flexibility index (Phi) is 3.58. The van der Waals surface area contributed by atoms with E-state index in [1.165, 1.54) is 31.4 Å². The maximum Gasteiger partial charge on any atom is 0.0837 e. The van der Waals surface area contributed by atoms with Crippen LogP contribution in [0.4, 0.5) is 0 Å². The third kappa shape index (κ3) is 2.41. The second-order valence-corrected chi connectivity index (χ2v) is 6.55. The Balaban J connectivity index is 1.91. The molecule has 1 aliphatic carbocycles. The molecule has 5 heteroatoms. The molecule has 0 aromatic carbocycles. The zero-order valence-electron chi connectivity index (χ0n) is 11.8. The molecular formula is C14H23ClN4. The summed E-state index contributed by atoms with van der Waals surface area (Å²) < 4.78 is 2.12. The van der Waals surface area contributed by atoms with Crippen molar-refractivity contribution in [2.24, 2.45) is 5.92 Å². The first-order chi connectivity index (χ1) is 9.13. The van der Waals surface area contributed by atoms with Gasteiger partial charge >= 0.3 is 0 Å². The highest BCUT2D eigenvalue weighted by atomic mass is 35.5. The molecule has 2 aliphatic rings. The maximum absolute atomic E-state index is 6.46. The molecule has 106 valence electrons. The molecule has 1 aromatic rings. The lowest BCUT2D eigenvalue weighted by atomic mass is 9.87. The number of nitrogens with zero attached hydrogens (tertiary/aromatic N) is 3. The summed E-state index contributed by atoms with van der Waals surface area (Å²) in [6, 6.07) is 0. The average Bonchev–Trinajstić information content (AvgIpc) is 3.00. The number of hydrogen-bond acceptors (Lipinski definition) is 3. The number of nitrogens with one attached hydrogen (secondary N) is 1. The van der Waals surface area contributed by atoms with Crippen LogP contribution in [0.1, 0.15) is 31.4 Å². The molecule has 2 fully saturated rings. The van der Waals surface area contributed by atoms with Gasteiger partial charge in [-0.05, 0) is 52.2 Å². The number of hydrogen-bond donors (Lipinski definition) is 1. The van der Waals surface area contributed by atoms with Gasteiger partial charge in [0, 0.05) is 6.54 Å². The van der Waals surface area contributed by atoms with Crippen molar-refractivity contribution >= 4 is 11.6 Å². The smallest absolute Gasteiger partial charge is 0.0837 e. The minimum Gasteiger partial charge on any atom is -0.308 e. The molecule has 1 saturated carbocycles. The van der Waals surface area contributed by atoms with Crippen molar-refractivity contribution in [1.29, 1.82) is 0 Å². The van der Waals surface area contributed by atoms with Crippen LogP contribution in [0, 0.1) is 5.92 Å². The fraction of sp³-hybridized carbons (Fsp3) is 0.786. The summed E-state index contributed by atoms with van der Waals surface area (Å²) >= 11 is 6.46. The van der Waals surface area contributed by atoms with E-state index < -0.39 is 0 Å². The van der Waals surface area contributed by atoms with Crippen LogP contribution in [0.3, 0.4) is 0 Å². The minimum atomic E-state index is 0.0971. The van der Waals surface area contributed by atoms with Gasteiger partial charge in [-0.1, -0.05) is 11.6 Å². The van der Waals surface area contributed by atoms with Gasteiger partial charge in [-0.15, -0.1) is 0 Å². The molecule has 0 bridgehead atoms. The molecular weight excluding hydrogens is 260 g/mol. The van der Waals surface area contributed by atoms with E-state index in [1.54, 1.807) is 0 Å². The van der Waals surface area contributed by atoms with Crippen molar-refractivity contribution in [3.8, 4) is 0 Å². The highest BCUT2D eigenvalue weighted by molar-refractivity contribution is 6.31. The normalized spacial score (nSPS) is 27.4. The van der Waals surface area contributed by atoms with Gasteiger partial charge in [0.1, 0.15) is 0 Å². The zero-order chi connectivity index (χ0) is 13.5. The number of rotatable bonds is 5. The third-order valence-corrected chi connectivity index (χ3v) is 4.72. The van der Waals surface area contributed by atoms with Crippen molar-refractivity contribution < 1.29 is 0 Å². The van der Waals surface area contributed by atoms with Crippen LogP contribution in [-0.4, -0.2) is 41.9 Å². The molecule has 1 unspecified atom stereocenters. The van der Waals surface area contributed by atoms with Gasteiger partial charge in [-0.3, -0.25) is 4.68 Å². The second-order valence-electron chi connectivity index (χ2n) is 6.14. The molecule has 0 radical (unpaired) electrons. The fourth-order valence-corrected chi connectivity index (χ4v) is 3.67. The van der Waals surface area contributed by atoms with E-state index in [1.807, 2.05) is 6.20 Å². The number of likely N-dealkylation sites (N-methyl/N-ethyl adjacent to an activating group) is 1. The summed E-state index contributed by atoms with van der Waals surface area (Å²) in [5.41, 5.74) is 1.33. The topological polar surface area (TPSA) is 33.1 Å². The van der Waals surface area contributed by atoms with Gasteiger partial charge in [-0.25, -0.2) is 0 Å². The molecule has 3 rings (SSSR count). The van der Waals surface area contributed by atoms with Gasteiger partial charge in [0.15, 0.2) is 0 Å². The first kappa shape index (κ1) is 13.4. The largest absolute Gasteiger partial charge is 0.308 e. The molecule has 1 N–H and O–H groups in total. The van der Waals surface area contributed by atoms with E-state index in [0.717, 1.165) is 30.6 Å². The lowest BCUT2D eigenvalue weighted by Crippen LogP contribution is -2.41. The van der Waals surface area contributed by atoms with E-state index >= 15 is 0 Å². The van der Waals surface area contributed by atoms with Gasteiger partial charge in [0.2, 0.25) is 0 Å². The Hall–Kier alpha value is -0.580. The molecule has 1 aromatic heterocycles. The third-order valence-electron chi connectivity index (χ3n) is 4.44. The van der Waals surface area contributed by atoms with Crippen molar-refractivity contribution in [2.45, 2.75) is 37.8 Å². The molecule has 1 atom stereocenters. The Morgan fingerprint density at radius 3 is 2.89 bits per heavy atom. The van der Waals surface area contributed by atoms with Crippen LogP contribution in [0.15, 0.2) is 6.20 Å². The Morgan fingerprint density at radius 1 is 1.53 bits per heavy atom. The SMILES string of the molecule is CN(C)CCn1ncc(Cl)c1C1(C2CC2)CCCN1. The van der Waals surface area contributed by atoms with Crippen LogP contribution >= 0.6 is 11.6 Å². The average molecular weight is 283 g/mol. The molecule has 1 aliphatic heterocycles. The van der Waals surface area contributed by atoms with E-state index in [4.69, 9.17) is 11.6 Å². The van der Waals surface area contributed by atoms with E-state index in [-0.39, 0.29) is 5.54 Å². The summed E-state index contributed by atoms with van der Waals surface area (Å²) in [6.45, 7) is 3.00. The highest BCUT2D eigenvalue weighted by Gasteiger charge is 2.50. The highest BCUT2D eigenvalue weighted by Crippen LogP contribution is 2.51. The van der Waals surface area contributed by atoms with Gasteiger partial charge < -0.3 is 10.2 Å². The first-order valence-corrected chi connectivity index (χ1v) is 7.63. The Bertz CT molecular complexity index is 444. The van der Waals surface area contributed by atoms with E-state index in [9.17, 15) is 0 Å². The quantitative estimate of drug-likeness (QED) is 0.898. The molecule has 1 saturated heterocycles. The fourth-order valence-electron chi connectivity index (χ4n) is 3.36. The zero-order valence-corrected chi connectivity index (χ0v) is 12.6. The minimum absolute atomic E-state index is 0.0971. The van der Waals surface area contributed by atoms with Crippen LogP contribution in [0.5, 0.6) is 0 Å². The molecule has 0 amide bonds. The standard InChI is InChI=1S/C14H23ClN4/c1-18(2)8-9-19-13(12(15)10-17-19)14(11-4-5-11)6-3-7-16-14/h10-11,16H,3-9H2,1-2H3. The lowest BCUT2D eigenvalue weighted by Gasteiger charge is -2.31. The second kappa shape index (κ2) is 5.08. The van der Waals surface area contributed by atoms with Crippen LogP contribution in [0.25, 0.3) is 0 Å². The lowest BCUT2D eigenvalue weighted by molar-refractivity contribution is 0.294.